The number of fused-ring (bicyclic) bond motifs is 1. The maximum absolute atomic E-state index is 13.7. The molecule has 0 radical (unpaired) electrons. The number of imidazole rings is 1. The van der Waals surface area contributed by atoms with Gasteiger partial charge in [0.1, 0.15) is 12.2 Å². The Labute approximate surface area is 98.7 Å². The summed E-state index contributed by atoms with van der Waals surface area (Å²) in [5.41, 5.74) is -0.827. The number of nitrogens with zero attached hydrogens (tertiary/aromatic N) is 3. The van der Waals surface area contributed by atoms with Crippen LogP contribution in [0.3, 0.4) is 0 Å². The maximum Gasteiger partial charge on any atom is 0.293 e. The van der Waals surface area contributed by atoms with Gasteiger partial charge in [-0.05, 0) is 0 Å². The number of hydrogen-bond donors (Lipinski definition) is 3. The van der Waals surface area contributed by atoms with Crippen molar-refractivity contribution in [2.45, 2.75) is 18.4 Å². The molecule has 1 aliphatic rings. The van der Waals surface area contributed by atoms with Gasteiger partial charge in [-0.15, -0.1) is 0 Å². The minimum absolute atomic E-state index is 0.0469. The molecule has 96 valence electrons. The minimum Gasteiger partial charge on any atom is -0.388 e. The fourth-order valence-corrected chi connectivity index (χ4v) is 1.93. The van der Waals surface area contributed by atoms with Gasteiger partial charge in [0.05, 0.1) is 12.9 Å². The van der Waals surface area contributed by atoms with Gasteiger partial charge in [0, 0.05) is 0 Å². The first-order chi connectivity index (χ1) is 8.59. The number of halogens is 1. The summed E-state index contributed by atoms with van der Waals surface area (Å²) in [5.74, 6) is 0. The third-order valence-electron chi connectivity index (χ3n) is 2.82. The van der Waals surface area contributed by atoms with Crippen LogP contribution in [-0.2, 0) is 4.74 Å². The van der Waals surface area contributed by atoms with E-state index in [1.54, 1.807) is 0 Å². The van der Waals surface area contributed by atoms with Gasteiger partial charge in [0.2, 0.25) is 0 Å². The molecule has 0 amide bonds. The quantitative estimate of drug-likeness (QED) is 0.536. The van der Waals surface area contributed by atoms with Gasteiger partial charge in [-0.3, -0.25) is 9.36 Å². The van der Waals surface area contributed by atoms with Crippen LogP contribution in [0.25, 0.3) is 11.2 Å². The molecule has 9 heteroatoms. The molecule has 8 nitrogen and oxygen atoms in total. The number of H-pyrrole nitrogens is 1. The molecular formula is C9H9FN4O4. The summed E-state index contributed by atoms with van der Waals surface area (Å²) < 4.78 is 19.7. The van der Waals surface area contributed by atoms with E-state index in [9.17, 15) is 19.4 Å². The van der Waals surface area contributed by atoms with Crippen molar-refractivity contribution in [3.05, 3.63) is 22.8 Å². The number of aromatic nitrogens is 4. The van der Waals surface area contributed by atoms with Crippen molar-refractivity contribution in [3.63, 3.8) is 0 Å². The average Bonchev–Trinajstić information content (AvgIpc) is 2.83. The molecule has 0 aliphatic carbocycles. The van der Waals surface area contributed by atoms with Gasteiger partial charge < -0.3 is 19.9 Å². The Balaban J connectivity index is 2.21. The topological polar surface area (TPSA) is 113 Å². The standard InChI is InChI=1S/C9H9FN4O4/c10-9-13-4-6(11-2-12-7(4)17)14(9)8-5(16)3(15)1-18-8/h2-3,5,8,15-16H,1H2,(H,11,12,17). The second-order valence-corrected chi connectivity index (χ2v) is 3.94. The third-order valence-corrected chi connectivity index (χ3v) is 2.82. The van der Waals surface area contributed by atoms with E-state index < -0.39 is 30.1 Å². The molecule has 18 heavy (non-hydrogen) atoms. The second-order valence-electron chi connectivity index (χ2n) is 3.94. The van der Waals surface area contributed by atoms with Crippen molar-refractivity contribution in [2.24, 2.45) is 0 Å². The van der Waals surface area contributed by atoms with E-state index in [4.69, 9.17) is 4.74 Å². The molecule has 0 aromatic carbocycles. The van der Waals surface area contributed by atoms with Crippen LogP contribution >= 0.6 is 0 Å². The maximum atomic E-state index is 13.7. The summed E-state index contributed by atoms with van der Waals surface area (Å²) in [5, 5.41) is 19.0. The number of hydrogen-bond acceptors (Lipinski definition) is 6. The fraction of sp³-hybridized carbons (Fsp3) is 0.444. The highest BCUT2D eigenvalue weighted by molar-refractivity contribution is 5.69. The van der Waals surface area contributed by atoms with E-state index in [1.807, 2.05) is 0 Å². The van der Waals surface area contributed by atoms with E-state index in [0.717, 1.165) is 10.9 Å². The van der Waals surface area contributed by atoms with Crippen molar-refractivity contribution in [3.8, 4) is 0 Å². The minimum atomic E-state index is -1.31. The first kappa shape index (κ1) is 11.3. The lowest BCUT2D eigenvalue weighted by atomic mass is 10.2. The van der Waals surface area contributed by atoms with Crippen LogP contribution in [0.15, 0.2) is 11.1 Å². The molecule has 1 saturated heterocycles. The molecule has 0 spiro atoms. The number of aromatic amines is 1. The van der Waals surface area contributed by atoms with Crippen molar-refractivity contribution in [1.29, 1.82) is 0 Å². The van der Waals surface area contributed by atoms with Gasteiger partial charge in [0.25, 0.3) is 11.6 Å². The van der Waals surface area contributed by atoms with Crippen LogP contribution in [-0.4, -0.2) is 48.5 Å². The molecule has 3 unspecified atom stereocenters. The van der Waals surface area contributed by atoms with Gasteiger partial charge in [-0.2, -0.15) is 9.37 Å². The van der Waals surface area contributed by atoms with Crippen LogP contribution in [0.1, 0.15) is 6.23 Å². The zero-order valence-electron chi connectivity index (χ0n) is 8.95. The molecule has 3 N–H and O–H groups in total. The Kier molecular flexibility index (Phi) is 2.40. The molecule has 3 atom stereocenters. The van der Waals surface area contributed by atoms with Crippen molar-refractivity contribution >= 4 is 11.2 Å². The molecule has 0 saturated carbocycles. The largest absolute Gasteiger partial charge is 0.388 e. The normalized spacial score (nSPS) is 28.1. The summed E-state index contributed by atoms with van der Waals surface area (Å²) in [6.07, 6.45) is -3.49. The zero-order valence-corrected chi connectivity index (χ0v) is 8.95. The lowest BCUT2D eigenvalue weighted by Gasteiger charge is -2.16. The van der Waals surface area contributed by atoms with E-state index >= 15 is 0 Å². The zero-order chi connectivity index (χ0) is 12.9. The fourth-order valence-electron chi connectivity index (χ4n) is 1.93. The van der Waals surface area contributed by atoms with E-state index in [2.05, 4.69) is 15.0 Å². The van der Waals surface area contributed by atoms with Gasteiger partial charge in [-0.25, -0.2) is 4.98 Å². The number of ether oxygens (including phenoxy) is 1. The monoisotopic (exact) mass is 256 g/mol. The predicted octanol–water partition coefficient (Wildman–Crippen LogP) is -1.49. The third kappa shape index (κ3) is 1.45. The Hall–Kier alpha value is -1.84. The highest BCUT2D eigenvalue weighted by atomic mass is 19.1. The summed E-state index contributed by atoms with van der Waals surface area (Å²) in [4.78, 5) is 20.9. The van der Waals surface area contributed by atoms with E-state index in [1.165, 1.54) is 0 Å². The summed E-state index contributed by atoms with van der Waals surface area (Å²) in [6, 6.07) is 0. The molecule has 3 rings (SSSR count). The Morgan fingerprint density at radius 2 is 2.33 bits per heavy atom. The molecule has 0 bridgehead atoms. The highest BCUT2D eigenvalue weighted by Crippen LogP contribution is 2.27. The van der Waals surface area contributed by atoms with Gasteiger partial charge in [-0.1, -0.05) is 0 Å². The number of nitrogens with one attached hydrogen (secondary N) is 1. The predicted molar refractivity (Wildman–Crippen MR) is 55.1 cm³/mol. The average molecular weight is 256 g/mol. The molecule has 3 heterocycles. The van der Waals surface area contributed by atoms with Crippen LogP contribution < -0.4 is 5.56 Å². The van der Waals surface area contributed by atoms with Crippen molar-refractivity contribution in [1.82, 2.24) is 19.5 Å². The van der Waals surface area contributed by atoms with Crippen molar-refractivity contribution in [2.75, 3.05) is 6.61 Å². The Bertz CT molecular complexity index is 654. The van der Waals surface area contributed by atoms with Crippen LogP contribution in [0.4, 0.5) is 4.39 Å². The molecule has 2 aromatic rings. The van der Waals surface area contributed by atoms with Crippen LogP contribution in [0.5, 0.6) is 0 Å². The number of aliphatic hydroxyl groups excluding tert-OH is 2. The first-order valence-electron chi connectivity index (χ1n) is 5.18. The lowest BCUT2D eigenvalue weighted by molar-refractivity contribution is -0.0224. The van der Waals surface area contributed by atoms with E-state index in [0.29, 0.717) is 0 Å². The first-order valence-corrected chi connectivity index (χ1v) is 5.18. The SMILES string of the molecule is O=c1[nH]cnc2c1nc(F)n2C1OCC(O)C1O. The Morgan fingerprint density at radius 3 is 3.00 bits per heavy atom. The summed E-state index contributed by atoms with van der Waals surface area (Å²) in [6.45, 7) is -0.131. The highest BCUT2D eigenvalue weighted by Gasteiger charge is 2.38. The van der Waals surface area contributed by atoms with Gasteiger partial charge in [0.15, 0.2) is 17.4 Å². The lowest BCUT2D eigenvalue weighted by Crippen LogP contribution is -2.29. The summed E-state index contributed by atoms with van der Waals surface area (Å²) >= 11 is 0. The number of aliphatic hydroxyl groups is 2. The molecule has 1 aliphatic heterocycles. The molecular weight excluding hydrogens is 247 g/mol. The van der Waals surface area contributed by atoms with Crippen molar-refractivity contribution < 1.29 is 19.3 Å². The van der Waals surface area contributed by atoms with Crippen LogP contribution in [0.2, 0.25) is 0 Å². The van der Waals surface area contributed by atoms with Gasteiger partial charge >= 0.3 is 0 Å². The van der Waals surface area contributed by atoms with E-state index in [-0.39, 0.29) is 17.8 Å². The second kappa shape index (κ2) is 3.83. The smallest absolute Gasteiger partial charge is 0.293 e. The summed E-state index contributed by atoms with van der Waals surface area (Å²) in [7, 11) is 0. The number of rotatable bonds is 1. The molecule has 2 aromatic heterocycles. The van der Waals surface area contributed by atoms with Crippen LogP contribution in [0, 0.1) is 6.08 Å². The molecule has 1 fully saturated rings. The Morgan fingerprint density at radius 1 is 1.56 bits per heavy atom.